The highest BCUT2D eigenvalue weighted by atomic mass is 32.1. The van der Waals surface area contributed by atoms with E-state index in [4.69, 9.17) is 0 Å². The largest absolute Gasteiger partial charge is 0.293 e. The smallest absolute Gasteiger partial charge is 0.0866 e. The summed E-state index contributed by atoms with van der Waals surface area (Å²) in [6.07, 6.45) is 13.8. The number of nitrogens with zero attached hydrogens (tertiary/aromatic N) is 1. The molecule has 2 heteroatoms. The van der Waals surface area contributed by atoms with E-state index in [0.717, 1.165) is 0 Å². The first kappa shape index (κ1) is 11.5. The van der Waals surface area contributed by atoms with Crippen LogP contribution in [0.1, 0.15) is 37.6 Å². The minimum atomic E-state index is 0.411. The molecule has 0 saturated heterocycles. The second-order valence-electron chi connectivity index (χ2n) is 4.40. The quantitative estimate of drug-likeness (QED) is 0.670. The Balaban J connectivity index is 2.25. The van der Waals surface area contributed by atoms with Crippen LogP contribution in [0.4, 0.5) is 0 Å². The van der Waals surface area contributed by atoms with Crippen LogP contribution in [0.3, 0.4) is 0 Å². The summed E-state index contributed by atoms with van der Waals surface area (Å²) < 4.78 is 2.33. The van der Waals surface area contributed by atoms with Crippen LogP contribution in [0.5, 0.6) is 0 Å². The van der Waals surface area contributed by atoms with Crippen molar-refractivity contribution >= 4 is 11.5 Å². The third-order valence-electron chi connectivity index (χ3n) is 2.88. The molecule has 2 rings (SSSR count). The van der Waals surface area contributed by atoms with Crippen molar-refractivity contribution in [3.8, 4) is 0 Å². The summed E-state index contributed by atoms with van der Waals surface area (Å²) in [7, 11) is 0. The molecule has 0 amide bonds. The van der Waals surface area contributed by atoms with Crippen molar-refractivity contribution in [1.82, 2.24) is 3.96 Å². The fraction of sp³-hybridized carbons (Fsp3) is 0.429. The first-order valence-corrected chi connectivity index (χ1v) is 6.63. The van der Waals surface area contributed by atoms with Crippen LogP contribution in [-0.2, 0) is 0 Å². The van der Waals surface area contributed by atoms with Crippen molar-refractivity contribution in [1.29, 1.82) is 0 Å². The molecule has 0 spiro atoms. The normalized spacial score (nSPS) is 18.7. The SMILES string of the molecule is C/C=C\C(C1=CCCC(C)=C1)n1cc(C)s1. The molecule has 0 saturated carbocycles. The maximum Gasteiger partial charge on any atom is 0.0866 e. The summed E-state index contributed by atoms with van der Waals surface area (Å²) >= 11 is 1.84. The highest BCUT2D eigenvalue weighted by Gasteiger charge is 2.15. The average molecular weight is 233 g/mol. The summed E-state index contributed by atoms with van der Waals surface area (Å²) in [6, 6.07) is 0.411. The molecule has 1 unspecified atom stereocenters. The van der Waals surface area contributed by atoms with Crippen molar-refractivity contribution in [3.05, 3.63) is 46.5 Å². The second-order valence-corrected chi connectivity index (χ2v) is 5.64. The van der Waals surface area contributed by atoms with Crippen molar-refractivity contribution in [3.63, 3.8) is 0 Å². The van der Waals surface area contributed by atoms with Gasteiger partial charge in [0.2, 0.25) is 0 Å². The van der Waals surface area contributed by atoms with E-state index in [1.54, 1.807) is 0 Å². The zero-order valence-corrected chi connectivity index (χ0v) is 11.1. The number of hydrogen-bond acceptors (Lipinski definition) is 1. The summed E-state index contributed by atoms with van der Waals surface area (Å²) in [5, 5.41) is 0. The number of aromatic nitrogens is 1. The molecule has 0 radical (unpaired) electrons. The van der Waals surface area contributed by atoms with E-state index < -0.39 is 0 Å². The van der Waals surface area contributed by atoms with Gasteiger partial charge in [-0.15, -0.1) is 0 Å². The third kappa shape index (κ3) is 2.38. The Morgan fingerprint density at radius 3 is 2.75 bits per heavy atom. The van der Waals surface area contributed by atoms with Gasteiger partial charge in [0.1, 0.15) is 0 Å². The molecule has 1 atom stereocenters. The zero-order chi connectivity index (χ0) is 11.5. The van der Waals surface area contributed by atoms with Crippen LogP contribution in [-0.4, -0.2) is 3.96 Å². The molecule has 0 N–H and O–H groups in total. The number of rotatable bonds is 3. The van der Waals surface area contributed by atoms with Gasteiger partial charge >= 0.3 is 0 Å². The Labute approximate surface area is 102 Å². The van der Waals surface area contributed by atoms with E-state index in [9.17, 15) is 0 Å². The molecular weight excluding hydrogens is 214 g/mol. The highest BCUT2D eigenvalue weighted by molar-refractivity contribution is 7.07. The van der Waals surface area contributed by atoms with Crippen LogP contribution in [0.2, 0.25) is 0 Å². The zero-order valence-electron chi connectivity index (χ0n) is 10.2. The van der Waals surface area contributed by atoms with Gasteiger partial charge in [0.15, 0.2) is 0 Å². The average Bonchev–Trinajstić information content (AvgIpc) is 2.22. The van der Waals surface area contributed by atoms with Crippen molar-refractivity contribution in [2.45, 2.75) is 39.7 Å². The van der Waals surface area contributed by atoms with E-state index in [2.05, 4.69) is 55.2 Å². The monoisotopic (exact) mass is 233 g/mol. The van der Waals surface area contributed by atoms with Gasteiger partial charge in [-0.3, -0.25) is 3.96 Å². The lowest BCUT2D eigenvalue weighted by Crippen LogP contribution is -2.11. The minimum absolute atomic E-state index is 0.411. The summed E-state index contributed by atoms with van der Waals surface area (Å²) in [6.45, 7) is 6.47. The summed E-state index contributed by atoms with van der Waals surface area (Å²) in [4.78, 5) is 1.40. The van der Waals surface area contributed by atoms with Crippen molar-refractivity contribution < 1.29 is 0 Å². The summed E-state index contributed by atoms with van der Waals surface area (Å²) in [5.74, 6) is 0. The molecule has 1 heterocycles. The first-order valence-electron chi connectivity index (χ1n) is 5.85. The van der Waals surface area contributed by atoms with Crippen LogP contribution in [0, 0.1) is 6.92 Å². The molecule has 1 aliphatic carbocycles. The number of allylic oxidation sites excluding steroid dienone is 6. The number of hydrogen-bond donors (Lipinski definition) is 0. The Kier molecular flexibility index (Phi) is 3.49. The van der Waals surface area contributed by atoms with Gasteiger partial charge in [-0.1, -0.05) is 41.4 Å². The molecule has 1 aromatic heterocycles. The van der Waals surface area contributed by atoms with E-state index in [1.165, 1.54) is 28.9 Å². The Morgan fingerprint density at radius 1 is 1.44 bits per heavy atom. The Morgan fingerprint density at radius 2 is 2.19 bits per heavy atom. The van der Waals surface area contributed by atoms with E-state index in [-0.39, 0.29) is 0 Å². The summed E-state index contributed by atoms with van der Waals surface area (Å²) in [5.41, 5.74) is 2.94. The van der Waals surface area contributed by atoms with Gasteiger partial charge in [0.25, 0.3) is 0 Å². The second kappa shape index (κ2) is 4.88. The highest BCUT2D eigenvalue weighted by Crippen LogP contribution is 2.30. The van der Waals surface area contributed by atoms with Crippen LogP contribution >= 0.6 is 11.5 Å². The van der Waals surface area contributed by atoms with Crippen LogP contribution in [0.15, 0.2) is 41.6 Å². The number of aryl methyl sites for hydroxylation is 1. The molecule has 86 valence electrons. The predicted octanol–water partition coefficient (Wildman–Crippen LogP) is 4.64. The molecule has 0 fully saturated rings. The molecule has 0 aromatic carbocycles. The van der Waals surface area contributed by atoms with Gasteiger partial charge < -0.3 is 0 Å². The Bertz CT molecular complexity index is 431. The topological polar surface area (TPSA) is 4.93 Å². The predicted molar refractivity (Wildman–Crippen MR) is 72.0 cm³/mol. The standard InChI is InChI=1S/C14H19NS/c1-4-6-14(15-10-12(3)16-15)13-8-5-7-11(2)9-13/h4,6,8-10,14H,5,7H2,1-3H3/b6-4-. The fourth-order valence-corrected chi connectivity index (χ4v) is 2.95. The maximum absolute atomic E-state index is 2.37. The molecular formula is C14H19NS. The van der Waals surface area contributed by atoms with Gasteiger partial charge in [-0.2, -0.15) is 0 Å². The molecule has 16 heavy (non-hydrogen) atoms. The Hall–Kier alpha value is -1.02. The maximum atomic E-state index is 2.37. The minimum Gasteiger partial charge on any atom is -0.293 e. The van der Waals surface area contributed by atoms with Gasteiger partial charge in [-0.05, 0) is 39.2 Å². The lowest BCUT2D eigenvalue weighted by Gasteiger charge is -2.23. The van der Waals surface area contributed by atoms with Gasteiger partial charge in [0.05, 0.1) is 6.04 Å². The molecule has 1 nitrogen and oxygen atoms in total. The molecule has 1 aliphatic rings. The van der Waals surface area contributed by atoms with Crippen LogP contribution < -0.4 is 0 Å². The molecule has 0 aliphatic heterocycles. The van der Waals surface area contributed by atoms with Crippen molar-refractivity contribution in [2.24, 2.45) is 0 Å². The fourth-order valence-electron chi connectivity index (χ4n) is 2.10. The van der Waals surface area contributed by atoms with E-state index >= 15 is 0 Å². The lowest BCUT2D eigenvalue weighted by molar-refractivity contribution is 0.729. The van der Waals surface area contributed by atoms with E-state index in [1.807, 2.05) is 11.5 Å². The van der Waals surface area contributed by atoms with Crippen molar-refractivity contribution in [2.75, 3.05) is 0 Å². The van der Waals surface area contributed by atoms with E-state index in [0.29, 0.717) is 6.04 Å². The molecule has 0 bridgehead atoms. The lowest BCUT2D eigenvalue weighted by atomic mass is 9.95. The van der Waals surface area contributed by atoms with Gasteiger partial charge in [-0.25, -0.2) is 0 Å². The van der Waals surface area contributed by atoms with Gasteiger partial charge in [0, 0.05) is 11.1 Å². The molecule has 1 aromatic rings. The first-order chi connectivity index (χ1) is 7.70. The third-order valence-corrected chi connectivity index (χ3v) is 3.82. The van der Waals surface area contributed by atoms with Crippen LogP contribution in [0.25, 0.3) is 0 Å².